The maximum absolute atomic E-state index is 12.8. The molecule has 2 N–H and O–H groups in total. The number of aromatic nitrogens is 4. The maximum atomic E-state index is 12.8. The summed E-state index contributed by atoms with van der Waals surface area (Å²) in [5, 5.41) is 0.768. The third-order valence-electron chi connectivity index (χ3n) is 7.29. The average Bonchev–Trinajstić information content (AvgIpc) is 3.14. The molecule has 1 aromatic carbocycles. The minimum Gasteiger partial charge on any atom is -0.376 e. The Labute approximate surface area is 220 Å². The number of aryl methyl sites for hydroxylation is 1. The van der Waals surface area contributed by atoms with Crippen LogP contribution in [0.5, 0.6) is 0 Å². The fraction of sp³-hybridized carbons (Fsp3) is 0.500. The summed E-state index contributed by atoms with van der Waals surface area (Å²) in [5.74, 6) is 0.765. The van der Waals surface area contributed by atoms with Crippen LogP contribution in [0.2, 0.25) is 5.02 Å². The zero-order valence-electron chi connectivity index (χ0n) is 20.0. The van der Waals surface area contributed by atoms with Crippen molar-refractivity contribution < 1.29 is 17.9 Å². The van der Waals surface area contributed by atoms with Crippen LogP contribution >= 0.6 is 23.4 Å². The Hall–Kier alpha value is -2.41. The minimum atomic E-state index is -4.38. The van der Waals surface area contributed by atoms with Gasteiger partial charge < -0.3 is 15.4 Å². The SMILES string of the molecule is C[C@@H]1OCC2(CCN(c3cnc(Sc4ccc5ncn(CCC(F)(F)F)c(=O)c5c4Cl)cn3)CC2)[C@@H]1N. The number of nitrogens with zero attached hydrogens (tertiary/aromatic N) is 5. The van der Waals surface area contributed by atoms with Crippen LogP contribution in [0.25, 0.3) is 10.9 Å². The lowest BCUT2D eigenvalue weighted by Gasteiger charge is -2.41. The van der Waals surface area contributed by atoms with Crippen molar-refractivity contribution in [1.29, 1.82) is 0 Å². The average molecular weight is 555 g/mol. The number of hydrogen-bond donors (Lipinski definition) is 1. The van der Waals surface area contributed by atoms with E-state index in [1.807, 2.05) is 6.92 Å². The molecule has 0 amide bonds. The molecule has 2 fully saturated rings. The lowest BCUT2D eigenvalue weighted by atomic mass is 9.73. The summed E-state index contributed by atoms with van der Waals surface area (Å²) >= 11 is 7.74. The van der Waals surface area contributed by atoms with Crippen molar-refractivity contribution in [2.45, 2.75) is 61.0 Å². The molecule has 4 heterocycles. The third kappa shape index (κ3) is 5.29. The Kier molecular flexibility index (Phi) is 7.12. The predicted molar refractivity (Wildman–Crippen MR) is 135 cm³/mol. The molecule has 8 nitrogen and oxygen atoms in total. The summed E-state index contributed by atoms with van der Waals surface area (Å²) < 4.78 is 44.6. The molecule has 5 rings (SSSR count). The Morgan fingerprint density at radius 2 is 1.97 bits per heavy atom. The normalized spacial score (nSPS) is 21.7. The van der Waals surface area contributed by atoms with Crippen LogP contribution < -0.4 is 16.2 Å². The van der Waals surface area contributed by atoms with Crippen molar-refractivity contribution in [2.75, 3.05) is 24.6 Å². The first-order valence-corrected chi connectivity index (χ1v) is 13.1. The molecule has 2 aliphatic heterocycles. The van der Waals surface area contributed by atoms with Crippen LogP contribution in [0.1, 0.15) is 26.2 Å². The smallest absolute Gasteiger partial charge is 0.376 e. The minimum absolute atomic E-state index is 0.0200. The van der Waals surface area contributed by atoms with E-state index < -0.39 is 24.7 Å². The van der Waals surface area contributed by atoms with Crippen LogP contribution in [0, 0.1) is 5.41 Å². The van der Waals surface area contributed by atoms with Crippen LogP contribution in [0.4, 0.5) is 19.0 Å². The van der Waals surface area contributed by atoms with E-state index in [0.29, 0.717) is 22.0 Å². The van der Waals surface area contributed by atoms with Gasteiger partial charge in [0.05, 0.1) is 53.8 Å². The molecule has 2 aliphatic rings. The van der Waals surface area contributed by atoms with Gasteiger partial charge in [-0.2, -0.15) is 13.2 Å². The van der Waals surface area contributed by atoms with E-state index >= 15 is 0 Å². The second kappa shape index (κ2) is 10.0. The highest BCUT2D eigenvalue weighted by Gasteiger charge is 2.47. The van der Waals surface area contributed by atoms with Crippen LogP contribution in [0.15, 0.2) is 45.6 Å². The molecule has 13 heteroatoms. The number of rotatable bonds is 5. The Balaban J connectivity index is 1.30. The molecule has 37 heavy (non-hydrogen) atoms. The van der Waals surface area contributed by atoms with E-state index in [1.54, 1.807) is 24.5 Å². The van der Waals surface area contributed by atoms with Gasteiger partial charge in [-0.15, -0.1) is 0 Å². The molecule has 2 aromatic heterocycles. The Bertz CT molecular complexity index is 1350. The largest absolute Gasteiger partial charge is 0.390 e. The van der Waals surface area contributed by atoms with Gasteiger partial charge in [-0.05, 0) is 31.9 Å². The van der Waals surface area contributed by atoms with Gasteiger partial charge in [0, 0.05) is 36.0 Å². The van der Waals surface area contributed by atoms with Crippen molar-refractivity contribution in [2.24, 2.45) is 11.1 Å². The van der Waals surface area contributed by atoms with Gasteiger partial charge in [-0.3, -0.25) is 9.36 Å². The molecule has 0 radical (unpaired) electrons. The van der Waals surface area contributed by atoms with E-state index in [-0.39, 0.29) is 28.0 Å². The van der Waals surface area contributed by atoms with Gasteiger partial charge >= 0.3 is 6.18 Å². The summed E-state index contributed by atoms with van der Waals surface area (Å²) in [5.41, 5.74) is 6.12. The number of fused-ring (bicyclic) bond motifs is 1. The van der Waals surface area contributed by atoms with Crippen molar-refractivity contribution >= 4 is 40.1 Å². The molecule has 0 aliphatic carbocycles. The summed E-state index contributed by atoms with van der Waals surface area (Å²) in [6.07, 6.45) is 0.869. The van der Waals surface area contributed by atoms with E-state index in [0.717, 1.165) is 42.6 Å². The summed E-state index contributed by atoms with van der Waals surface area (Å²) in [4.78, 5) is 28.7. The van der Waals surface area contributed by atoms with Crippen molar-refractivity contribution in [3.05, 3.63) is 46.2 Å². The Morgan fingerprint density at radius 3 is 2.59 bits per heavy atom. The van der Waals surface area contributed by atoms with Crippen LogP contribution in [0.3, 0.4) is 0 Å². The number of ether oxygens (including phenoxy) is 1. The van der Waals surface area contributed by atoms with Gasteiger partial charge in [0.25, 0.3) is 5.56 Å². The van der Waals surface area contributed by atoms with E-state index in [1.165, 1.54) is 11.8 Å². The van der Waals surface area contributed by atoms with Crippen molar-refractivity contribution in [1.82, 2.24) is 19.5 Å². The number of anilines is 1. The number of piperidine rings is 1. The highest BCUT2D eigenvalue weighted by atomic mass is 35.5. The number of benzene rings is 1. The quantitative estimate of drug-likeness (QED) is 0.499. The van der Waals surface area contributed by atoms with Gasteiger partial charge in [-0.1, -0.05) is 23.4 Å². The highest BCUT2D eigenvalue weighted by molar-refractivity contribution is 7.99. The molecular formula is C24H26ClF3N6O2S. The monoisotopic (exact) mass is 554 g/mol. The van der Waals surface area contributed by atoms with E-state index in [9.17, 15) is 18.0 Å². The van der Waals surface area contributed by atoms with Crippen LogP contribution in [-0.2, 0) is 11.3 Å². The summed E-state index contributed by atoms with van der Waals surface area (Å²) in [7, 11) is 0. The van der Waals surface area contributed by atoms with Crippen LogP contribution in [-0.4, -0.2) is 57.5 Å². The topological polar surface area (TPSA) is 99.2 Å². The molecule has 2 atom stereocenters. The maximum Gasteiger partial charge on any atom is 0.390 e. The predicted octanol–water partition coefficient (Wildman–Crippen LogP) is 4.28. The molecular weight excluding hydrogens is 529 g/mol. The second-order valence-corrected chi connectivity index (χ2v) is 11.0. The molecule has 198 valence electrons. The number of alkyl halides is 3. The van der Waals surface area contributed by atoms with E-state index in [4.69, 9.17) is 22.1 Å². The standard InChI is InChI=1S/C24H26ClF3N6O2S/c1-14-21(29)23(12-36-14)4-7-33(8-5-23)17-10-31-18(11-30-17)37-16-3-2-15-19(20(16)25)22(35)34(13-32-15)9-6-24(26,27)28/h2-3,10-11,13-14,21H,4-9,12,29H2,1H3/t14-,21+/m0/s1. The molecule has 0 saturated carbocycles. The van der Waals surface area contributed by atoms with Gasteiger partial charge in [-0.25, -0.2) is 15.0 Å². The summed E-state index contributed by atoms with van der Waals surface area (Å²) in [6, 6.07) is 3.35. The molecule has 3 aromatic rings. The summed E-state index contributed by atoms with van der Waals surface area (Å²) in [6.45, 7) is 3.82. The number of halogens is 4. The molecule has 0 unspecified atom stereocenters. The zero-order chi connectivity index (χ0) is 26.4. The molecule has 0 bridgehead atoms. The van der Waals surface area contributed by atoms with Gasteiger partial charge in [0.2, 0.25) is 0 Å². The fourth-order valence-electron chi connectivity index (χ4n) is 4.96. The lowest BCUT2D eigenvalue weighted by molar-refractivity contribution is -0.136. The van der Waals surface area contributed by atoms with Crippen molar-refractivity contribution in [3.63, 3.8) is 0 Å². The molecule has 2 saturated heterocycles. The van der Waals surface area contributed by atoms with Crippen molar-refractivity contribution in [3.8, 4) is 0 Å². The number of hydrogen-bond acceptors (Lipinski definition) is 8. The Morgan fingerprint density at radius 1 is 1.22 bits per heavy atom. The first-order chi connectivity index (χ1) is 17.6. The molecule has 1 spiro atoms. The van der Waals surface area contributed by atoms with Gasteiger partial charge in [0.1, 0.15) is 10.8 Å². The fourth-order valence-corrected chi connectivity index (χ4v) is 6.08. The van der Waals surface area contributed by atoms with E-state index in [2.05, 4.69) is 19.9 Å². The highest BCUT2D eigenvalue weighted by Crippen LogP contribution is 2.42. The zero-order valence-corrected chi connectivity index (χ0v) is 21.6. The first kappa shape index (κ1) is 26.2. The first-order valence-electron chi connectivity index (χ1n) is 11.9. The second-order valence-electron chi connectivity index (χ2n) is 9.59. The number of nitrogens with two attached hydrogens (primary N) is 1. The lowest BCUT2D eigenvalue weighted by Crippen LogP contribution is -2.50. The third-order valence-corrected chi connectivity index (χ3v) is 8.78. The van der Waals surface area contributed by atoms with Gasteiger partial charge in [0.15, 0.2) is 0 Å².